The summed E-state index contributed by atoms with van der Waals surface area (Å²) in [6.07, 6.45) is 2.10. The molecule has 0 aliphatic heterocycles. The Kier molecular flexibility index (Phi) is 6.46. The predicted octanol–water partition coefficient (Wildman–Crippen LogP) is 3.08. The Morgan fingerprint density at radius 2 is 2.00 bits per heavy atom. The number of hydrogen-bond donors (Lipinski definition) is 2. The quantitative estimate of drug-likeness (QED) is 0.262. The van der Waals surface area contributed by atoms with Crippen LogP contribution in [0.2, 0.25) is 0 Å². The second kappa shape index (κ2) is 8.99. The monoisotopic (exact) mass is 350 g/mol. The second-order valence-corrected chi connectivity index (χ2v) is 5.62. The van der Waals surface area contributed by atoms with Crippen LogP contribution >= 0.6 is 0 Å². The highest BCUT2D eigenvalue weighted by atomic mass is 16.6. The number of carbonyl (C=O) groups is 1. The van der Waals surface area contributed by atoms with Gasteiger partial charge in [-0.05, 0) is 25.0 Å². The molecule has 0 unspecified atom stereocenters. The molecule has 0 aliphatic rings. The highest BCUT2D eigenvalue weighted by molar-refractivity contribution is 6.06. The minimum atomic E-state index is -0.629. The van der Waals surface area contributed by atoms with Gasteiger partial charge in [-0.2, -0.15) is 5.26 Å². The van der Waals surface area contributed by atoms with E-state index in [-0.39, 0.29) is 16.9 Å². The smallest absolute Gasteiger partial charge is 0.271 e. The summed E-state index contributed by atoms with van der Waals surface area (Å²) in [7, 11) is 0. The third-order valence-electron chi connectivity index (χ3n) is 3.60. The van der Waals surface area contributed by atoms with E-state index < -0.39 is 10.8 Å². The molecule has 1 amide bonds. The third-order valence-corrected chi connectivity index (χ3v) is 3.60. The van der Waals surface area contributed by atoms with Crippen LogP contribution in [0.5, 0.6) is 0 Å². The fourth-order valence-electron chi connectivity index (χ4n) is 2.19. The third kappa shape index (κ3) is 5.46. The number of benzene rings is 2. The van der Waals surface area contributed by atoms with Crippen LogP contribution < -0.4 is 10.6 Å². The Morgan fingerprint density at radius 3 is 2.65 bits per heavy atom. The SMILES string of the molecule is Cc1ccc(CCN/C=C(/C#N)C(=O)Nc2cccc([N+](=O)[O-])c2)cc1. The molecule has 7 heteroatoms. The summed E-state index contributed by atoms with van der Waals surface area (Å²) in [6, 6.07) is 15.5. The topological polar surface area (TPSA) is 108 Å². The van der Waals surface area contributed by atoms with Crippen molar-refractivity contribution in [2.75, 3.05) is 11.9 Å². The highest BCUT2D eigenvalue weighted by Crippen LogP contribution is 2.17. The van der Waals surface area contributed by atoms with Gasteiger partial charge < -0.3 is 10.6 Å². The van der Waals surface area contributed by atoms with Gasteiger partial charge in [-0.1, -0.05) is 35.9 Å². The summed E-state index contributed by atoms with van der Waals surface area (Å²) < 4.78 is 0. The minimum absolute atomic E-state index is 0.111. The summed E-state index contributed by atoms with van der Waals surface area (Å²) >= 11 is 0. The standard InChI is InChI=1S/C19H18N4O3/c1-14-5-7-15(8-6-14)9-10-21-13-16(12-20)19(24)22-17-3-2-4-18(11-17)23(25)26/h2-8,11,13,21H,9-10H2,1H3,(H,22,24)/b16-13-. The number of non-ortho nitro benzene ring substituents is 1. The number of amides is 1. The van der Waals surface area contributed by atoms with Crippen molar-refractivity contribution >= 4 is 17.3 Å². The number of nitriles is 1. The Bertz CT molecular complexity index is 867. The van der Waals surface area contributed by atoms with Gasteiger partial charge in [-0.3, -0.25) is 14.9 Å². The van der Waals surface area contributed by atoms with Crippen LogP contribution in [0, 0.1) is 28.4 Å². The van der Waals surface area contributed by atoms with Gasteiger partial charge in [0.05, 0.1) is 4.92 Å². The number of aryl methyl sites for hydroxylation is 1. The normalized spacial score (nSPS) is 10.7. The molecule has 0 spiro atoms. The van der Waals surface area contributed by atoms with Gasteiger partial charge in [-0.15, -0.1) is 0 Å². The Labute approximate surface area is 151 Å². The van der Waals surface area contributed by atoms with E-state index in [1.165, 1.54) is 36.0 Å². The summed E-state index contributed by atoms with van der Waals surface area (Å²) in [6.45, 7) is 2.59. The molecule has 132 valence electrons. The summed E-state index contributed by atoms with van der Waals surface area (Å²) in [5.41, 5.74) is 2.34. The van der Waals surface area contributed by atoms with Crippen LogP contribution in [0.1, 0.15) is 11.1 Å². The van der Waals surface area contributed by atoms with Crippen molar-refractivity contribution < 1.29 is 9.72 Å². The number of nitrogens with one attached hydrogen (secondary N) is 2. The molecule has 0 atom stereocenters. The fraction of sp³-hybridized carbons (Fsp3) is 0.158. The van der Waals surface area contributed by atoms with Gasteiger partial charge >= 0.3 is 0 Å². The molecule has 0 saturated carbocycles. The van der Waals surface area contributed by atoms with Crippen molar-refractivity contribution in [3.63, 3.8) is 0 Å². The Morgan fingerprint density at radius 1 is 1.27 bits per heavy atom. The largest absolute Gasteiger partial charge is 0.389 e. The van der Waals surface area contributed by atoms with Crippen LogP contribution in [-0.2, 0) is 11.2 Å². The van der Waals surface area contributed by atoms with Crippen molar-refractivity contribution in [2.24, 2.45) is 0 Å². The van der Waals surface area contributed by atoms with E-state index in [0.717, 1.165) is 12.0 Å². The lowest BCUT2D eigenvalue weighted by Gasteiger charge is -2.05. The predicted molar refractivity (Wildman–Crippen MR) is 98.3 cm³/mol. The summed E-state index contributed by atoms with van der Waals surface area (Å²) in [5, 5.41) is 25.3. The molecule has 2 aromatic carbocycles. The van der Waals surface area contributed by atoms with Gasteiger partial charge in [-0.25, -0.2) is 0 Å². The van der Waals surface area contributed by atoms with Crippen LogP contribution in [0.4, 0.5) is 11.4 Å². The number of hydrogen-bond acceptors (Lipinski definition) is 5. The highest BCUT2D eigenvalue weighted by Gasteiger charge is 2.11. The second-order valence-electron chi connectivity index (χ2n) is 5.62. The number of nitro groups is 1. The molecule has 0 fully saturated rings. The number of nitro benzene ring substituents is 1. The van der Waals surface area contributed by atoms with E-state index in [1.54, 1.807) is 0 Å². The van der Waals surface area contributed by atoms with Crippen LogP contribution in [0.25, 0.3) is 0 Å². The number of rotatable bonds is 7. The number of carbonyl (C=O) groups excluding carboxylic acids is 1. The van der Waals surface area contributed by atoms with E-state index in [2.05, 4.69) is 10.6 Å². The van der Waals surface area contributed by atoms with E-state index in [9.17, 15) is 14.9 Å². The lowest BCUT2D eigenvalue weighted by atomic mass is 10.1. The first-order valence-electron chi connectivity index (χ1n) is 7.94. The first kappa shape index (κ1) is 18.7. The van der Waals surface area contributed by atoms with Crippen molar-refractivity contribution in [3.8, 4) is 6.07 Å². The molecule has 0 radical (unpaired) electrons. The molecule has 2 N–H and O–H groups in total. The van der Waals surface area contributed by atoms with Crippen molar-refractivity contribution in [1.82, 2.24) is 5.32 Å². The molecule has 26 heavy (non-hydrogen) atoms. The minimum Gasteiger partial charge on any atom is -0.389 e. The van der Waals surface area contributed by atoms with Gasteiger partial charge in [0.25, 0.3) is 11.6 Å². The zero-order valence-corrected chi connectivity index (χ0v) is 14.2. The average Bonchev–Trinajstić information content (AvgIpc) is 2.63. The molecule has 0 heterocycles. The van der Waals surface area contributed by atoms with E-state index in [1.807, 2.05) is 37.3 Å². The summed E-state index contributed by atoms with van der Waals surface area (Å²) in [5.74, 6) is -0.629. The van der Waals surface area contributed by atoms with Crippen molar-refractivity contribution in [3.05, 3.63) is 81.5 Å². The molecule has 2 aromatic rings. The maximum atomic E-state index is 12.1. The van der Waals surface area contributed by atoms with Gasteiger partial charge in [0.1, 0.15) is 11.6 Å². The first-order valence-corrected chi connectivity index (χ1v) is 7.94. The Hall–Kier alpha value is -3.66. The van der Waals surface area contributed by atoms with Gasteiger partial charge in [0.15, 0.2) is 0 Å². The molecule has 2 rings (SSSR count). The van der Waals surface area contributed by atoms with Crippen LogP contribution in [0.15, 0.2) is 60.3 Å². The van der Waals surface area contributed by atoms with E-state index in [0.29, 0.717) is 6.54 Å². The van der Waals surface area contributed by atoms with E-state index >= 15 is 0 Å². The van der Waals surface area contributed by atoms with Crippen LogP contribution in [-0.4, -0.2) is 17.4 Å². The molecular formula is C19H18N4O3. The molecule has 0 saturated heterocycles. The molecule has 0 aliphatic carbocycles. The van der Waals surface area contributed by atoms with Gasteiger partial charge in [0.2, 0.25) is 0 Å². The lowest BCUT2D eigenvalue weighted by Crippen LogP contribution is -2.18. The molecular weight excluding hydrogens is 332 g/mol. The lowest BCUT2D eigenvalue weighted by molar-refractivity contribution is -0.384. The first-order chi connectivity index (χ1) is 12.5. The molecule has 7 nitrogen and oxygen atoms in total. The van der Waals surface area contributed by atoms with Crippen molar-refractivity contribution in [2.45, 2.75) is 13.3 Å². The number of nitrogens with zero attached hydrogens (tertiary/aromatic N) is 2. The zero-order chi connectivity index (χ0) is 18.9. The average molecular weight is 350 g/mol. The molecule has 0 bridgehead atoms. The zero-order valence-electron chi connectivity index (χ0n) is 14.2. The summed E-state index contributed by atoms with van der Waals surface area (Å²) in [4.78, 5) is 22.3. The van der Waals surface area contributed by atoms with Crippen LogP contribution in [0.3, 0.4) is 0 Å². The van der Waals surface area contributed by atoms with E-state index in [4.69, 9.17) is 5.26 Å². The molecule has 0 aromatic heterocycles. The Balaban J connectivity index is 1.92. The number of anilines is 1. The maximum absolute atomic E-state index is 12.1. The maximum Gasteiger partial charge on any atom is 0.271 e. The van der Waals surface area contributed by atoms with Gasteiger partial charge in [0, 0.05) is 30.6 Å². The fourth-order valence-corrected chi connectivity index (χ4v) is 2.19. The van der Waals surface area contributed by atoms with Crippen molar-refractivity contribution in [1.29, 1.82) is 5.26 Å².